The maximum atomic E-state index is 14.8. The molecule has 0 amide bonds. The molecule has 35 heavy (non-hydrogen) atoms. The minimum atomic E-state index is -0.723. The molecule has 1 aromatic carbocycles. The van der Waals surface area contributed by atoms with E-state index in [0.29, 0.717) is 0 Å². The number of nitrogens with zero attached hydrogens (tertiary/aromatic N) is 1. The number of likely N-dealkylation sites (tertiary alicyclic amines) is 1. The molecule has 0 aliphatic carbocycles. The molecule has 2 heteroatoms. The zero-order chi connectivity index (χ0) is 26.6. The number of allylic oxidation sites excluding steroid dienone is 5. The van der Waals surface area contributed by atoms with E-state index in [0.717, 1.165) is 29.6 Å². The van der Waals surface area contributed by atoms with Crippen molar-refractivity contribution in [1.29, 1.82) is 0 Å². The Kier molecular flexibility index (Phi) is 9.55. The van der Waals surface area contributed by atoms with Crippen molar-refractivity contribution in [3.05, 3.63) is 82.5 Å². The van der Waals surface area contributed by atoms with Crippen LogP contribution in [0.1, 0.15) is 79.0 Å². The number of halogens is 1. The van der Waals surface area contributed by atoms with Gasteiger partial charge in [-0.2, -0.15) is 0 Å². The second-order valence-electron chi connectivity index (χ2n) is 11.5. The van der Waals surface area contributed by atoms with Crippen molar-refractivity contribution in [3.8, 4) is 12.3 Å². The zero-order valence-electron chi connectivity index (χ0n) is 23.5. The number of hydrogen-bond acceptors (Lipinski definition) is 1. The van der Waals surface area contributed by atoms with Gasteiger partial charge in [0.2, 0.25) is 0 Å². The molecule has 4 atom stereocenters. The molecule has 2 rings (SSSR count). The van der Waals surface area contributed by atoms with E-state index in [1.807, 2.05) is 19.1 Å². The van der Waals surface area contributed by atoms with Crippen LogP contribution in [0.5, 0.6) is 0 Å². The lowest BCUT2D eigenvalue weighted by molar-refractivity contribution is 0.158. The van der Waals surface area contributed by atoms with Crippen molar-refractivity contribution in [1.82, 2.24) is 4.90 Å². The van der Waals surface area contributed by atoms with Crippen molar-refractivity contribution in [2.75, 3.05) is 13.7 Å². The number of benzene rings is 1. The van der Waals surface area contributed by atoms with Gasteiger partial charge in [-0.3, -0.25) is 4.90 Å². The summed E-state index contributed by atoms with van der Waals surface area (Å²) in [7, 11) is 2.18. The molecule has 1 aromatic rings. The highest BCUT2D eigenvalue weighted by Crippen LogP contribution is 2.61. The van der Waals surface area contributed by atoms with Crippen LogP contribution in [0.2, 0.25) is 0 Å². The summed E-state index contributed by atoms with van der Waals surface area (Å²) in [5.74, 6) is 3.11. The second kappa shape index (κ2) is 11.6. The Labute approximate surface area is 214 Å². The second-order valence-corrected chi connectivity index (χ2v) is 11.5. The van der Waals surface area contributed by atoms with E-state index in [4.69, 9.17) is 6.42 Å². The predicted octanol–water partition coefficient (Wildman–Crippen LogP) is 8.66. The Balaban J connectivity index is 3.08. The standard InChI is InChI=1S/C33H46FN/c1-12-25-18-16-17-19-27(25)31-30(26(13-2)22-34)33(15-4,28(14-3)24(7)20-23(5)6)29(35(31)11)21-32(8,9)10/h4,13-14,16-20,29-31H,3,12,21-22H2,1-2,5-11H3/b26-13+,28-24+. The van der Waals surface area contributed by atoms with Gasteiger partial charge in [0.05, 0.1) is 5.41 Å². The molecular formula is C33H46FN. The van der Waals surface area contributed by atoms with Gasteiger partial charge in [-0.25, -0.2) is 4.39 Å². The van der Waals surface area contributed by atoms with Gasteiger partial charge in [0.25, 0.3) is 0 Å². The van der Waals surface area contributed by atoms with E-state index in [1.165, 1.54) is 16.7 Å². The third kappa shape index (κ3) is 5.57. The largest absolute Gasteiger partial charge is 0.294 e. The Morgan fingerprint density at radius 1 is 1.23 bits per heavy atom. The van der Waals surface area contributed by atoms with Crippen LogP contribution in [0.3, 0.4) is 0 Å². The number of aryl methyl sites for hydroxylation is 1. The molecule has 1 nitrogen and oxygen atoms in total. The van der Waals surface area contributed by atoms with Crippen LogP contribution in [0, 0.1) is 29.1 Å². The highest BCUT2D eigenvalue weighted by Gasteiger charge is 2.60. The maximum Gasteiger partial charge on any atom is 0.111 e. The Morgan fingerprint density at radius 2 is 1.86 bits per heavy atom. The summed E-state index contributed by atoms with van der Waals surface area (Å²) in [6, 6.07) is 8.57. The van der Waals surface area contributed by atoms with Gasteiger partial charge >= 0.3 is 0 Å². The van der Waals surface area contributed by atoms with E-state index in [-0.39, 0.29) is 23.4 Å². The lowest BCUT2D eigenvalue weighted by Gasteiger charge is -2.41. The molecule has 0 N–H and O–H groups in total. The zero-order valence-corrected chi connectivity index (χ0v) is 23.5. The Hall–Kier alpha value is -2.37. The van der Waals surface area contributed by atoms with Gasteiger partial charge < -0.3 is 0 Å². The molecule has 0 radical (unpaired) electrons. The molecular weight excluding hydrogens is 429 g/mol. The van der Waals surface area contributed by atoms with Crippen molar-refractivity contribution < 1.29 is 4.39 Å². The SMILES string of the molecule is C#CC1(/C(C=C)=C(\C)C=C(C)C)C(/C(=C/C)CF)C(c2ccccc2CC)N(C)C1CC(C)(C)C. The molecule has 1 aliphatic rings. The average molecular weight is 476 g/mol. The fourth-order valence-electron chi connectivity index (χ4n) is 6.25. The summed E-state index contributed by atoms with van der Waals surface area (Å²) in [5, 5.41) is 0. The van der Waals surface area contributed by atoms with Crippen LogP contribution >= 0.6 is 0 Å². The molecule has 1 heterocycles. The number of alkyl halides is 1. The van der Waals surface area contributed by atoms with E-state index in [2.05, 4.69) is 103 Å². The summed E-state index contributed by atoms with van der Waals surface area (Å²) in [5.41, 5.74) is 5.96. The molecule has 0 bridgehead atoms. The average Bonchev–Trinajstić information content (AvgIpc) is 3.02. The van der Waals surface area contributed by atoms with Crippen LogP contribution in [-0.4, -0.2) is 24.7 Å². The van der Waals surface area contributed by atoms with Crippen LogP contribution in [0.4, 0.5) is 4.39 Å². The van der Waals surface area contributed by atoms with Crippen molar-refractivity contribution in [3.63, 3.8) is 0 Å². The van der Waals surface area contributed by atoms with E-state index >= 15 is 0 Å². The summed E-state index contributed by atoms with van der Waals surface area (Å²) in [6.07, 6.45) is 14.5. The summed E-state index contributed by atoms with van der Waals surface area (Å²) < 4.78 is 14.8. The molecule has 0 aromatic heterocycles. The first-order valence-corrected chi connectivity index (χ1v) is 12.9. The van der Waals surface area contributed by atoms with Crippen molar-refractivity contribution >= 4 is 0 Å². The monoisotopic (exact) mass is 475 g/mol. The van der Waals surface area contributed by atoms with Crippen molar-refractivity contribution in [2.24, 2.45) is 16.7 Å². The van der Waals surface area contributed by atoms with Gasteiger partial charge in [-0.1, -0.05) is 88.3 Å². The lowest BCUT2D eigenvalue weighted by atomic mass is 9.60. The molecule has 4 unspecified atom stereocenters. The lowest BCUT2D eigenvalue weighted by Crippen LogP contribution is -2.43. The van der Waals surface area contributed by atoms with Crippen LogP contribution < -0.4 is 0 Å². The van der Waals surface area contributed by atoms with Crippen LogP contribution in [0.15, 0.2) is 71.4 Å². The predicted molar refractivity (Wildman–Crippen MR) is 151 cm³/mol. The first kappa shape index (κ1) is 28.9. The van der Waals surface area contributed by atoms with E-state index < -0.39 is 12.1 Å². The third-order valence-corrected chi connectivity index (χ3v) is 7.57. The highest BCUT2D eigenvalue weighted by molar-refractivity contribution is 5.51. The maximum absolute atomic E-state index is 14.8. The molecule has 0 spiro atoms. The molecule has 190 valence electrons. The highest BCUT2D eigenvalue weighted by atomic mass is 19.1. The van der Waals surface area contributed by atoms with Gasteiger partial charge in [0.1, 0.15) is 6.67 Å². The van der Waals surface area contributed by atoms with Gasteiger partial charge in [0.15, 0.2) is 0 Å². The Bertz CT molecular complexity index is 1040. The topological polar surface area (TPSA) is 3.24 Å². The summed E-state index contributed by atoms with van der Waals surface area (Å²) >= 11 is 0. The van der Waals surface area contributed by atoms with E-state index in [1.54, 1.807) is 0 Å². The first-order valence-electron chi connectivity index (χ1n) is 12.9. The quantitative estimate of drug-likeness (QED) is 0.206. The third-order valence-electron chi connectivity index (χ3n) is 7.57. The molecule has 0 saturated carbocycles. The summed E-state index contributed by atoms with van der Waals surface area (Å²) in [4.78, 5) is 2.45. The van der Waals surface area contributed by atoms with Crippen LogP contribution in [0.25, 0.3) is 0 Å². The fourth-order valence-corrected chi connectivity index (χ4v) is 6.25. The first-order chi connectivity index (χ1) is 16.4. The molecule has 1 fully saturated rings. The van der Waals surface area contributed by atoms with Gasteiger partial charge in [-0.15, -0.1) is 6.42 Å². The Morgan fingerprint density at radius 3 is 2.31 bits per heavy atom. The molecule has 1 saturated heterocycles. The normalized spacial score (nSPS) is 26.2. The van der Waals surface area contributed by atoms with Crippen molar-refractivity contribution in [2.45, 2.75) is 80.3 Å². The smallest absolute Gasteiger partial charge is 0.111 e. The number of terminal acetylenes is 1. The molecule has 1 aliphatic heterocycles. The minimum absolute atomic E-state index is 0.0161. The number of rotatable bonds is 8. The number of hydrogen-bond donors (Lipinski definition) is 0. The van der Waals surface area contributed by atoms with Gasteiger partial charge in [0, 0.05) is 18.0 Å². The van der Waals surface area contributed by atoms with Gasteiger partial charge in [-0.05, 0) is 80.8 Å². The summed E-state index contributed by atoms with van der Waals surface area (Å²) in [6.45, 7) is 20.9. The van der Waals surface area contributed by atoms with Crippen LogP contribution in [-0.2, 0) is 6.42 Å². The van der Waals surface area contributed by atoms with E-state index in [9.17, 15) is 4.39 Å². The minimum Gasteiger partial charge on any atom is -0.294 e. The fraction of sp³-hybridized carbons (Fsp3) is 0.515.